The maximum atomic E-state index is 12.9. The fourth-order valence-electron chi connectivity index (χ4n) is 3.71. The molecule has 3 aromatic rings. The molecule has 0 atom stereocenters. The van der Waals surface area contributed by atoms with Crippen LogP contribution < -0.4 is 20.9 Å². The molecule has 0 saturated carbocycles. The van der Waals surface area contributed by atoms with E-state index < -0.39 is 17.6 Å². The molecule has 1 aliphatic heterocycles. The largest absolute Gasteiger partial charge is 0.416 e. The van der Waals surface area contributed by atoms with E-state index in [0.29, 0.717) is 24.6 Å². The van der Waals surface area contributed by atoms with Crippen molar-refractivity contribution in [2.45, 2.75) is 6.18 Å². The predicted octanol–water partition coefficient (Wildman–Crippen LogP) is 4.84. The summed E-state index contributed by atoms with van der Waals surface area (Å²) in [5.41, 5.74) is 1.66. The number of hydrogen-bond acceptors (Lipinski definition) is 5. The summed E-state index contributed by atoms with van der Waals surface area (Å²) < 4.78 is 44.1. The minimum absolute atomic E-state index is 0.0344. The number of nitrogens with zero attached hydrogens (tertiary/aromatic N) is 1. The quantitative estimate of drug-likeness (QED) is 0.434. The Kier molecular flexibility index (Phi) is 7.74. The van der Waals surface area contributed by atoms with Gasteiger partial charge in [-0.05, 0) is 60.7 Å². The normalized spacial score (nSPS) is 13.7. The lowest BCUT2D eigenvalue weighted by Crippen LogP contribution is -2.36. The van der Waals surface area contributed by atoms with Gasteiger partial charge in [0.15, 0.2) is 0 Å². The van der Waals surface area contributed by atoms with Crippen molar-refractivity contribution < 1.29 is 27.5 Å². The first-order valence-corrected chi connectivity index (χ1v) is 11.3. The molecular formula is C26H25F3N4O3. The summed E-state index contributed by atoms with van der Waals surface area (Å²) in [6, 6.07) is 18.3. The third-order valence-electron chi connectivity index (χ3n) is 5.55. The van der Waals surface area contributed by atoms with Crippen LogP contribution in [0.4, 0.5) is 35.9 Å². The molecule has 0 aromatic heterocycles. The number of anilines is 4. The lowest BCUT2D eigenvalue weighted by molar-refractivity contribution is -0.137. The number of rotatable bonds is 7. The molecule has 0 unspecified atom stereocenters. The Bertz CT molecular complexity index is 1210. The van der Waals surface area contributed by atoms with Gasteiger partial charge in [0.05, 0.1) is 25.3 Å². The standard InChI is InChI=1S/C26H25F3N4O3/c27-26(28,29)19-4-2-6-22(16-19)32-25(35)18-3-1-5-21(15-18)30-17-24(34)31-20-7-9-23(10-8-20)33-11-13-36-14-12-33/h1-10,15-16,30H,11-14,17H2,(H,31,34)(H,32,35). The number of hydrogen-bond donors (Lipinski definition) is 3. The monoisotopic (exact) mass is 498 g/mol. The highest BCUT2D eigenvalue weighted by Gasteiger charge is 2.30. The van der Waals surface area contributed by atoms with Gasteiger partial charge in [0, 0.05) is 41.4 Å². The van der Waals surface area contributed by atoms with E-state index in [-0.39, 0.29) is 23.7 Å². The van der Waals surface area contributed by atoms with Gasteiger partial charge in [-0.1, -0.05) is 12.1 Å². The molecule has 4 rings (SSSR count). The van der Waals surface area contributed by atoms with Crippen molar-refractivity contribution >= 4 is 34.6 Å². The van der Waals surface area contributed by atoms with E-state index in [9.17, 15) is 22.8 Å². The summed E-state index contributed by atoms with van der Waals surface area (Å²) in [4.78, 5) is 27.1. The number of halogens is 3. The third-order valence-corrected chi connectivity index (χ3v) is 5.55. The van der Waals surface area contributed by atoms with E-state index in [2.05, 4.69) is 20.9 Å². The highest BCUT2D eigenvalue weighted by atomic mass is 19.4. The van der Waals surface area contributed by atoms with Crippen LogP contribution in [-0.4, -0.2) is 44.7 Å². The van der Waals surface area contributed by atoms with Gasteiger partial charge < -0.3 is 25.6 Å². The molecule has 10 heteroatoms. The average molecular weight is 499 g/mol. The lowest BCUT2D eigenvalue weighted by atomic mass is 10.1. The summed E-state index contributed by atoms with van der Waals surface area (Å²) in [7, 11) is 0. The van der Waals surface area contributed by atoms with Crippen LogP contribution in [-0.2, 0) is 15.7 Å². The Hall–Kier alpha value is -4.05. The topological polar surface area (TPSA) is 82.7 Å². The second-order valence-electron chi connectivity index (χ2n) is 8.16. The Morgan fingerprint density at radius 3 is 2.25 bits per heavy atom. The van der Waals surface area contributed by atoms with E-state index >= 15 is 0 Å². The Balaban J connectivity index is 1.30. The van der Waals surface area contributed by atoms with Gasteiger partial charge in [0.1, 0.15) is 0 Å². The molecule has 1 heterocycles. The summed E-state index contributed by atoms with van der Waals surface area (Å²) >= 11 is 0. The van der Waals surface area contributed by atoms with Gasteiger partial charge in [-0.2, -0.15) is 13.2 Å². The summed E-state index contributed by atoms with van der Waals surface area (Å²) in [6.45, 7) is 3.00. The molecule has 0 radical (unpaired) electrons. The van der Waals surface area contributed by atoms with Crippen LogP contribution in [0.15, 0.2) is 72.8 Å². The van der Waals surface area contributed by atoms with Crippen LogP contribution >= 0.6 is 0 Å². The molecule has 0 aliphatic carbocycles. The summed E-state index contributed by atoms with van der Waals surface area (Å²) in [5, 5.41) is 8.23. The predicted molar refractivity (Wildman–Crippen MR) is 132 cm³/mol. The van der Waals surface area contributed by atoms with Crippen LogP contribution in [0.1, 0.15) is 15.9 Å². The van der Waals surface area contributed by atoms with Gasteiger partial charge >= 0.3 is 6.18 Å². The number of alkyl halides is 3. The van der Waals surface area contributed by atoms with E-state index in [0.717, 1.165) is 30.9 Å². The van der Waals surface area contributed by atoms with E-state index in [1.807, 2.05) is 24.3 Å². The van der Waals surface area contributed by atoms with Crippen LogP contribution in [0.3, 0.4) is 0 Å². The number of morpholine rings is 1. The van der Waals surface area contributed by atoms with Gasteiger partial charge in [-0.3, -0.25) is 9.59 Å². The number of carbonyl (C=O) groups excluding carboxylic acids is 2. The first-order chi connectivity index (χ1) is 17.3. The maximum absolute atomic E-state index is 12.9. The molecule has 3 N–H and O–H groups in total. The van der Waals surface area contributed by atoms with Gasteiger partial charge in [0.2, 0.25) is 5.91 Å². The molecule has 1 aliphatic rings. The summed E-state index contributed by atoms with van der Waals surface area (Å²) in [5.74, 6) is -0.837. The molecular weight excluding hydrogens is 473 g/mol. The van der Waals surface area contributed by atoms with Crippen LogP contribution in [0, 0.1) is 0 Å². The van der Waals surface area contributed by atoms with Crippen LogP contribution in [0.5, 0.6) is 0 Å². The SMILES string of the molecule is O=C(CNc1cccc(C(=O)Nc2cccc(C(F)(F)F)c2)c1)Nc1ccc(N2CCOCC2)cc1. The minimum Gasteiger partial charge on any atom is -0.378 e. The highest BCUT2D eigenvalue weighted by molar-refractivity contribution is 6.05. The third kappa shape index (κ3) is 6.76. The minimum atomic E-state index is -4.50. The molecule has 7 nitrogen and oxygen atoms in total. The molecule has 36 heavy (non-hydrogen) atoms. The second-order valence-corrected chi connectivity index (χ2v) is 8.16. The smallest absolute Gasteiger partial charge is 0.378 e. The summed E-state index contributed by atoms with van der Waals surface area (Å²) in [6.07, 6.45) is -4.50. The second kappa shape index (κ2) is 11.1. The van der Waals surface area contributed by atoms with Crippen molar-refractivity contribution in [3.8, 4) is 0 Å². The number of ether oxygens (including phenoxy) is 1. The highest BCUT2D eigenvalue weighted by Crippen LogP contribution is 2.30. The first kappa shape index (κ1) is 25.1. The van der Waals surface area contributed by atoms with Crippen molar-refractivity contribution in [3.63, 3.8) is 0 Å². The van der Waals surface area contributed by atoms with Crippen molar-refractivity contribution in [2.75, 3.05) is 53.7 Å². The molecule has 3 aromatic carbocycles. The zero-order chi connectivity index (χ0) is 25.5. The Morgan fingerprint density at radius 2 is 1.53 bits per heavy atom. The maximum Gasteiger partial charge on any atom is 0.416 e. The molecule has 2 amide bonds. The number of carbonyl (C=O) groups is 2. The van der Waals surface area contributed by atoms with Gasteiger partial charge in [-0.25, -0.2) is 0 Å². The zero-order valence-corrected chi connectivity index (χ0v) is 19.3. The van der Waals surface area contributed by atoms with Crippen molar-refractivity contribution in [1.29, 1.82) is 0 Å². The Labute approximate surface area is 206 Å². The molecule has 0 bridgehead atoms. The molecule has 0 spiro atoms. The lowest BCUT2D eigenvalue weighted by Gasteiger charge is -2.28. The van der Waals surface area contributed by atoms with Crippen LogP contribution in [0.25, 0.3) is 0 Å². The average Bonchev–Trinajstić information content (AvgIpc) is 2.88. The van der Waals surface area contributed by atoms with Crippen molar-refractivity contribution in [3.05, 3.63) is 83.9 Å². The number of nitrogens with one attached hydrogen (secondary N) is 3. The van der Waals surface area contributed by atoms with E-state index in [4.69, 9.17) is 4.74 Å². The zero-order valence-electron chi connectivity index (χ0n) is 19.3. The fraction of sp³-hybridized carbons (Fsp3) is 0.231. The van der Waals surface area contributed by atoms with E-state index in [1.54, 1.807) is 12.1 Å². The van der Waals surface area contributed by atoms with E-state index in [1.165, 1.54) is 24.3 Å². The van der Waals surface area contributed by atoms with Crippen molar-refractivity contribution in [1.82, 2.24) is 0 Å². The molecule has 1 saturated heterocycles. The first-order valence-electron chi connectivity index (χ1n) is 11.3. The Morgan fingerprint density at radius 1 is 0.833 bits per heavy atom. The molecule has 188 valence electrons. The number of benzene rings is 3. The molecule has 1 fully saturated rings. The number of amides is 2. The van der Waals surface area contributed by atoms with Crippen molar-refractivity contribution in [2.24, 2.45) is 0 Å². The van der Waals surface area contributed by atoms with Crippen LogP contribution in [0.2, 0.25) is 0 Å². The fourth-order valence-corrected chi connectivity index (χ4v) is 3.71. The van der Waals surface area contributed by atoms with Gasteiger partial charge in [-0.15, -0.1) is 0 Å². The van der Waals surface area contributed by atoms with Gasteiger partial charge in [0.25, 0.3) is 5.91 Å².